The average molecular weight is 425 g/mol. The lowest BCUT2D eigenvalue weighted by Crippen LogP contribution is -2.24. The third-order valence-electron chi connectivity index (χ3n) is 4.64. The van der Waals surface area contributed by atoms with Crippen LogP contribution in [0.4, 0.5) is 4.39 Å². The molecule has 152 valence electrons. The Morgan fingerprint density at radius 3 is 2.47 bits per heavy atom. The minimum absolute atomic E-state index is 0.0306. The molecule has 2 aromatic carbocycles. The van der Waals surface area contributed by atoms with Crippen molar-refractivity contribution < 1.29 is 19.0 Å². The fourth-order valence-corrected chi connectivity index (χ4v) is 3.97. The fraction of sp³-hybridized carbons (Fsp3) is 0.0909. The molecule has 0 unspecified atom stereocenters. The van der Waals surface area contributed by atoms with E-state index in [0.717, 1.165) is 11.8 Å². The van der Waals surface area contributed by atoms with Crippen LogP contribution in [0.1, 0.15) is 11.3 Å². The minimum atomic E-state index is -0.816. The molecule has 0 saturated carbocycles. The molecule has 0 amide bonds. The molecule has 0 bridgehead atoms. The predicted octanol–water partition coefficient (Wildman–Crippen LogP) is 4.01. The second-order valence-electron chi connectivity index (χ2n) is 6.68. The van der Waals surface area contributed by atoms with E-state index in [9.17, 15) is 24.2 Å². The number of hydrogen-bond acceptors (Lipinski definition) is 6. The summed E-state index contributed by atoms with van der Waals surface area (Å²) in [5.74, 6) is -0.960. The lowest BCUT2D eigenvalue weighted by atomic mass is 10.2. The monoisotopic (exact) mass is 425 g/mol. The summed E-state index contributed by atoms with van der Waals surface area (Å²) in [5, 5.41) is 20.6. The van der Waals surface area contributed by atoms with E-state index in [1.54, 1.807) is 37.3 Å². The van der Waals surface area contributed by atoms with Gasteiger partial charge in [0.25, 0.3) is 5.56 Å². The summed E-state index contributed by atoms with van der Waals surface area (Å²) in [6, 6.07) is 13.5. The Balaban J connectivity index is 1.87. The molecule has 2 N–H and O–H groups in total. The van der Waals surface area contributed by atoms with Crippen LogP contribution in [0.3, 0.4) is 0 Å². The van der Waals surface area contributed by atoms with E-state index in [1.807, 2.05) is 0 Å². The molecule has 0 radical (unpaired) electrons. The van der Waals surface area contributed by atoms with Gasteiger partial charge in [0.15, 0.2) is 5.75 Å². The molecular weight excluding hydrogens is 409 g/mol. The standard InChI is InChI=1S/C22H16FNO5S/c1-12-10-16-18(21(27)24(12)11-13-6-8-14(23)9-7-13)19(26)20(22(28)29-16)30-17-5-3-2-4-15(17)25/h2-10,25-26H,11H2,1H3. The zero-order valence-electron chi connectivity index (χ0n) is 15.8. The van der Waals surface area contributed by atoms with Crippen molar-refractivity contribution in [1.29, 1.82) is 0 Å². The Morgan fingerprint density at radius 1 is 1.07 bits per heavy atom. The molecule has 4 rings (SSSR count). The van der Waals surface area contributed by atoms with Gasteiger partial charge in [0.2, 0.25) is 0 Å². The maximum absolute atomic E-state index is 13.2. The van der Waals surface area contributed by atoms with Gasteiger partial charge >= 0.3 is 5.63 Å². The molecule has 2 heterocycles. The van der Waals surface area contributed by atoms with Gasteiger partial charge in [-0.2, -0.15) is 0 Å². The molecule has 0 fully saturated rings. The summed E-state index contributed by atoms with van der Waals surface area (Å²) in [6.07, 6.45) is 0. The highest BCUT2D eigenvalue weighted by Crippen LogP contribution is 2.38. The number of para-hydroxylation sites is 1. The van der Waals surface area contributed by atoms with Crippen LogP contribution in [0.15, 0.2) is 78.4 Å². The number of phenolic OH excluding ortho intramolecular Hbond substituents is 1. The number of aromatic hydroxyl groups is 2. The molecule has 8 heteroatoms. The van der Waals surface area contributed by atoms with Crippen LogP contribution in [-0.2, 0) is 6.54 Å². The zero-order chi connectivity index (χ0) is 21.4. The average Bonchev–Trinajstić information content (AvgIpc) is 2.70. The number of nitrogens with zero attached hydrogens (tertiary/aromatic N) is 1. The Hall–Kier alpha value is -3.52. The molecule has 0 aliphatic carbocycles. The van der Waals surface area contributed by atoms with Crippen molar-refractivity contribution in [2.24, 2.45) is 0 Å². The number of benzene rings is 2. The van der Waals surface area contributed by atoms with Crippen molar-refractivity contribution in [1.82, 2.24) is 4.57 Å². The number of aromatic nitrogens is 1. The zero-order valence-corrected chi connectivity index (χ0v) is 16.6. The first kappa shape index (κ1) is 19.8. The fourth-order valence-electron chi connectivity index (χ4n) is 3.11. The van der Waals surface area contributed by atoms with Crippen molar-refractivity contribution in [3.63, 3.8) is 0 Å². The lowest BCUT2D eigenvalue weighted by molar-refractivity contribution is 0.445. The van der Waals surface area contributed by atoms with E-state index in [1.165, 1.54) is 28.8 Å². The van der Waals surface area contributed by atoms with Gasteiger partial charge in [-0.15, -0.1) is 0 Å². The third kappa shape index (κ3) is 3.57. The molecule has 4 aromatic rings. The second-order valence-corrected chi connectivity index (χ2v) is 7.73. The normalized spacial score (nSPS) is 11.1. The van der Waals surface area contributed by atoms with Crippen LogP contribution in [0.25, 0.3) is 11.0 Å². The van der Waals surface area contributed by atoms with Crippen molar-refractivity contribution in [3.05, 3.63) is 92.4 Å². The molecule has 2 aromatic heterocycles. The summed E-state index contributed by atoms with van der Waals surface area (Å²) in [5.41, 5.74) is -0.183. The molecule has 0 aliphatic heterocycles. The van der Waals surface area contributed by atoms with E-state index < -0.39 is 16.9 Å². The Labute approximate surface area is 173 Å². The summed E-state index contributed by atoms with van der Waals surface area (Å²) in [7, 11) is 0. The molecular formula is C22H16FNO5S. The Kier molecular flexibility index (Phi) is 5.09. The van der Waals surface area contributed by atoms with E-state index in [4.69, 9.17) is 4.42 Å². The van der Waals surface area contributed by atoms with Gasteiger partial charge in [0.05, 0.1) is 11.4 Å². The number of pyridine rings is 1. The maximum atomic E-state index is 13.2. The molecule has 6 nitrogen and oxygen atoms in total. The van der Waals surface area contributed by atoms with Gasteiger partial charge in [0, 0.05) is 11.8 Å². The van der Waals surface area contributed by atoms with E-state index in [-0.39, 0.29) is 34.0 Å². The van der Waals surface area contributed by atoms with Crippen LogP contribution in [0.5, 0.6) is 11.5 Å². The van der Waals surface area contributed by atoms with E-state index in [0.29, 0.717) is 16.2 Å². The molecule has 0 aliphatic rings. The van der Waals surface area contributed by atoms with Gasteiger partial charge in [-0.25, -0.2) is 9.18 Å². The number of hydrogen-bond donors (Lipinski definition) is 2. The number of halogens is 1. The smallest absolute Gasteiger partial charge is 0.354 e. The van der Waals surface area contributed by atoms with Crippen LogP contribution < -0.4 is 11.2 Å². The topological polar surface area (TPSA) is 92.7 Å². The van der Waals surface area contributed by atoms with Gasteiger partial charge in [-0.1, -0.05) is 36.0 Å². The Morgan fingerprint density at radius 2 is 1.77 bits per heavy atom. The van der Waals surface area contributed by atoms with Gasteiger partial charge in [0.1, 0.15) is 27.4 Å². The highest BCUT2D eigenvalue weighted by molar-refractivity contribution is 7.99. The van der Waals surface area contributed by atoms with Gasteiger partial charge < -0.3 is 19.2 Å². The molecule has 0 spiro atoms. The first-order valence-corrected chi connectivity index (χ1v) is 9.77. The van der Waals surface area contributed by atoms with Gasteiger partial charge in [-0.05, 0) is 36.8 Å². The number of rotatable bonds is 4. The first-order chi connectivity index (χ1) is 14.3. The summed E-state index contributed by atoms with van der Waals surface area (Å²) in [4.78, 5) is 25.7. The molecule has 0 saturated heterocycles. The maximum Gasteiger partial charge on any atom is 0.354 e. The lowest BCUT2D eigenvalue weighted by Gasteiger charge is -2.13. The third-order valence-corrected chi connectivity index (χ3v) is 5.77. The largest absolute Gasteiger partial charge is 0.507 e. The highest BCUT2D eigenvalue weighted by Gasteiger charge is 2.21. The van der Waals surface area contributed by atoms with Crippen LogP contribution in [-0.4, -0.2) is 14.8 Å². The number of aryl methyl sites for hydroxylation is 1. The quantitative estimate of drug-likeness (QED) is 0.513. The van der Waals surface area contributed by atoms with Gasteiger partial charge in [-0.3, -0.25) is 4.79 Å². The van der Waals surface area contributed by atoms with E-state index in [2.05, 4.69) is 0 Å². The Bertz CT molecular complexity index is 1380. The first-order valence-electron chi connectivity index (χ1n) is 8.95. The van der Waals surface area contributed by atoms with E-state index >= 15 is 0 Å². The SMILES string of the molecule is Cc1cc2oc(=O)c(Sc3ccccc3O)c(O)c2c(=O)n1Cc1ccc(F)cc1. The molecule has 30 heavy (non-hydrogen) atoms. The van der Waals surface area contributed by atoms with Crippen LogP contribution in [0.2, 0.25) is 0 Å². The van der Waals surface area contributed by atoms with Crippen LogP contribution in [0, 0.1) is 12.7 Å². The number of phenols is 1. The second kappa shape index (κ2) is 7.72. The summed E-state index contributed by atoms with van der Waals surface area (Å²) < 4.78 is 19.9. The summed E-state index contributed by atoms with van der Waals surface area (Å²) in [6.45, 7) is 1.83. The minimum Gasteiger partial charge on any atom is -0.507 e. The van der Waals surface area contributed by atoms with Crippen molar-refractivity contribution >= 4 is 22.7 Å². The van der Waals surface area contributed by atoms with Crippen molar-refractivity contribution in [3.8, 4) is 11.5 Å². The van der Waals surface area contributed by atoms with Crippen LogP contribution >= 0.6 is 11.8 Å². The molecule has 0 atom stereocenters. The summed E-state index contributed by atoms with van der Waals surface area (Å²) >= 11 is 0.811. The van der Waals surface area contributed by atoms with Crippen molar-refractivity contribution in [2.75, 3.05) is 0 Å². The predicted molar refractivity (Wildman–Crippen MR) is 111 cm³/mol. The number of fused-ring (bicyclic) bond motifs is 1. The van der Waals surface area contributed by atoms with Crippen molar-refractivity contribution in [2.45, 2.75) is 23.3 Å². The highest BCUT2D eigenvalue weighted by atomic mass is 32.2.